The Labute approximate surface area is 349 Å². The molecule has 3 amide bonds. The molecule has 1 heterocycles. The molecule has 2 aliphatic rings. The van der Waals surface area contributed by atoms with E-state index in [1.165, 1.54) is 18.3 Å². The minimum atomic E-state index is -1.16. The predicted molar refractivity (Wildman–Crippen MR) is 225 cm³/mol. The number of benzene rings is 3. The normalized spacial score (nSPS) is 16.2. The van der Waals surface area contributed by atoms with E-state index in [0.29, 0.717) is 24.3 Å². The Balaban J connectivity index is 1.14. The standard InChI is InChI=1S/C46H54N4O8S/c1-28(2)39(25-40(58-30(4)51)42-48-38(27-59-42)41(52)47-32(23-29(3)43(53)54)24-31-15-7-6-8-16-31)50(5)44(55)46(21-13-14-22-46)49-45(56)57-26-37-35-19-11-9-17-33(35)34-18-10-12-20-36(34)37/h6-12,15-20,27-29,32,37,39-40H,13-14,21-26H2,1-5H3,(H,47,52)(H,49,56)(H,53,54). The highest BCUT2D eigenvalue weighted by Crippen LogP contribution is 2.44. The quantitative estimate of drug-likeness (QED) is 0.0898. The lowest BCUT2D eigenvalue weighted by Crippen LogP contribution is -2.60. The van der Waals surface area contributed by atoms with Crippen LogP contribution in [0.1, 0.15) is 110 Å². The number of hydrogen-bond acceptors (Lipinski definition) is 9. The van der Waals surface area contributed by atoms with Gasteiger partial charge in [0.15, 0.2) is 6.10 Å². The number of nitrogens with zero attached hydrogens (tertiary/aromatic N) is 2. The molecule has 1 aromatic heterocycles. The van der Waals surface area contributed by atoms with Gasteiger partial charge in [0, 0.05) is 43.8 Å². The van der Waals surface area contributed by atoms with Crippen LogP contribution in [0.3, 0.4) is 0 Å². The van der Waals surface area contributed by atoms with Crippen LogP contribution < -0.4 is 10.6 Å². The van der Waals surface area contributed by atoms with Crippen molar-refractivity contribution in [2.24, 2.45) is 11.8 Å². The van der Waals surface area contributed by atoms with Gasteiger partial charge < -0.3 is 30.1 Å². The van der Waals surface area contributed by atoms with E-state index in [4.69, 9.17) is 9.47 Å². The Morgan fingerprint density at radius 3 is 2.10 bits per heavy atom. The highest BCUT2D eigenvalue weighted by molar-refractivity contribution is 7.09. The third-order valence-corrected chi connectivity index (χ3v) is 12.6. The van der Waals surface area contributed by atoms with Crippen molar-refractivity contribution in [2.75, 3.05) is 13.7 Å². The third kappa shape index (κ3) is 10.2. The number of amides is 3. The summed E-state index contributed by atoms with van der Waals surface area (Å²) in [4.78, 5) is 72.1. The lowest BCUT2D eigenvalue weighted by Gasteiger charge is -2.39. The molecule has 0 radical (unpaired) electrons. The Kier molecular flexibility index (Phi) is 13.9. The summed E-state index contributed by atoms with van der Waals surface area (Å²) in [5.41, 5.74) is 4.35. The number of aliphatic carboxylic acids is 1. The summed E-state index contributed by atoms with van der Waals surface area (Å²) < 4.78 is 11.7. The molecule has 312 valence electrons. The number of nitrogens with one attached hydrogen (secondary N) is 2. The Morgan fingerprint density at radius 2 is 1.51 bits per heavy atom. The number of carboxylic acid groups (broad SMARTS) is 1. The monoisotopic (exact) mass is 822 g/mol. The van der Waals surface area contributed by atoms with Gasteiger partial charge in [-0.2, -0.15) is 0 Å². The van der Waals surface area contributed by atoms with Crippen molar-refractivity contribution in [3.8, 4) is 11.1 Å². The van der Waals surface area contributed by atoms with Crippen LogP contribution >= 0.6 is 11.3 Å². The highest BCUT2D eigenvalue weighted by Gasteiger charge is 2.47. The number of ether oxygens (including phenoxy) is 2. The second-order valence-electron chi connectivity index (χ2n) is 16.2. The van der Waals surface area contributed by atoms with Crippen LogP contribution in [-0.2, 0) is 30.3 Å². The molecule has 1 saturated carbocycles. The smallest absolute Gasteiger partial charge is 0.408 e. The summed E-state index contributed by atoms with van der Waals surface area (Å²) in [6, 6.07) is 24.8. The van der Waals surface area contributed by atoms with E-state index >= 15 is 0 Å². The molecule has 4 unspecified atom stereocenters. The van der Waals surface area contributed by atoms with E-state index < -0.39 is 53.6 Å². The molecule has 4 atom stereocenters. The Morgan fingerprint density at radius 1 is 0.898 bits per heavy atom. The van der Waals surface area contributed by atoms with Crippen molar-refractivity contribution < 1.29 is 38.6 Å². The number of thiazole rings is 1. The maximum Gasteiger partial charge on any atom is 0.408 e. The van der Waals surface area contributed by atoms with Crippen LogP contribution in [0.25, 0.3) is 11.1 Å². The molecule has 2 aliphatic carbocycles. The van der Waals surface area contributed by atoms with Crippen LogP contribution in [-0.4, -0.2) is 76.1 Å². The minimum absolute atomic E-state index is 0.0902. The molecular weight excluding hydrogens is 769 g/mol. The molecule has 1 fully saturated rings. The van der Waals surface area contributed by atoms with Crippen molar-refractivity contribution in [1.29, 1.82) is 0 Å². The maximum atomic E-state index is 14.6. The number of alkyl carbamates (subject to hydrolysis) is 1. The summed E-state index contributed by atoms with van der Waals surface area (Å²) in [6.45, 7) is 6.99. The zero-order chi connectivity index (χ0) is 42.3. The highest BCUT2D eigenvalue weighted by atomic mass is 32.1. The molecule has 6 rings (SSSR count). The van der Waals surface area contributed by atoms with E-state index in [-0.39, 0.29) is 42.9 Å². The summed E-state index contributed by atoms with van der Waals surface area (Å²) in [6.07, 6.45) is 1.77. The van der Waals surface area contributed by atoms with E-state index in [1.54, 1.807) is 24.3 Å². The van der Waals surface area contributed by atoms with Gasteiger partial charge in [-0.1, -0.05) is 112 Å². The number of likely N-dealkylation sites (N-methyl/N-ethyl adjacent to an activating group) is 1. The first-order chi connectivity index (χ1) is 28.3. The van der Waals surface area contributed by atoms with Crippen LogP contribution in [0.15, 0.2) is 84.2 Å². The zero-order valence-corrected chi connectivity index (χ0v) is 35.1. The molecule has 59 heavy (non-hydrogen) atoms. The van der Waals surface area contributed by atoms with Crippen molar-refractivity contribution in [3.63, 3.8) is 0 Å². The number of aromatic nitrogens is 1. The molecule has 3 aromatic carbocycles. The number of fused-ring (bicyclic) bond motifs is 3. The zero-order valence-electron chi connectivity index (χ0n) is 34.3. The number of carboxylic acids is 1. The number of hydrogen-bond donors (Lipinski definition) is 3. The molecule has 0 aliphatic heterocycles. The van der Waals surface area contributed by atoms with Crippen LogP contribution in [0.5, 0.6) is 0 Å². The fraction of sp³-hybridized carbons (Fsp3) is 0.435. The first kappa shape index (κ1) is 43.0. The van der Waals surface area contributed by atoms with E-state index in [2.05, 4.69) is 39.9 Å². The van der Waals surface area contributed by atoms with Crippen molar-refractivity contribution in [3.05, 3.63) is 112 Å². The molecule has 12 nitrogen and oxygen atoms in total. The van der Waals surface area contributed by atoms with Gasteiger partial charge in [-0.3, -0.25) is 19.2 Å². The predicted octanol–water partition coefficient (Wildman–Crippen LogP) is 7.92. The molecule has 0 saturated heterocycles. The van der Waals surface area contributed by atoms with Crippen molar-refractivity contribution in [1.82, 2.24) is 20.5 Å². The third-order valence-electron chi connectivity index (χ3n) is 11.7. The van der Waals surface area contributed by atoms with Crippen LogP contribution in [0.2, 0.25) is 0 Å². The molecule has 0 spiro atoms. The van der Waals surface area contributed by atoms with E-state index in [9.17, 15) is 29.1 Å². The first-order valence-corrected chi connectivity index (χ1v) is 21.2. The summed E-state index contributed by atoms with van der Waals surface area (Å²) in [5.74, 6) is -3.11. The largest absolute Gasteiger partial charge is 0.481 e. The van der Waals surface area contributed by atoms with E-state index in [1.807, 2.05) is 68.4 Å². The van der Waals surface area contributed by atoms with Gasteiger partial charge in [0.05, 0.1) is 5.92 Å². The second-order valence-corrected chi connectivity index (χ2v) is 17.1. The molecule has 4 aromatic rings. The minimum Gasteiger partial charge on any atom is -0.481 e. The van der Waals surface area contributed by atoms with Gasteiger partial charge in [0.25, 0.3) is 5.91 Å². The summed E-state index contributed by atoms with van der Waals surface area (Å²) in [5, 5.41) is 17.5. The Hall–Kier alpha value is -5.56. The molecular formula is C46H54N4O8S. The average Bonchev–Trinajstić information content (AvgIpc) is 3.97. The lowest BCUT2D eigenvalue weighted by molar-refractivity contribution is -0.149. The number of carbonyl (C=O) groups is 5. The molecule has 0 bridgehead atoms. The fourth-order valence-electron chi connectivity index (χ4n) is 8.60. The lowest BCUT2D eigenvalue weighted by atomic mass is 9.91. The SMILES string of the molecule is CC(=O)OC(CC(C(C)C)N(C)C(=O)C1(NC(=O)OCC2c3ccccc3-c3ccccc32)CCCC1)c1nc(C(=O)NC(Cc2ccccc2)CC(C)C(=O)O)cs1. The van der Waals surface area contributed by atoms with Gasteiger partial charge in [0.1, 0.15) is 22.8 Å². The van der Waals surface area contributed by atoms with Crippen LogP contribution in [0, 0.1) is 11.8 Å². The van der Waals surface area contributed by atoms with Gasteiger partial charge in [0.2, 0.25) is 5.91 Å². The van der Waals surface area contributed by atoms with Crippen molar-refractivity contribution >= 4 is 41.2 Å². The summed E-state index contributed by atoms with van der Waals surface area (Å²) in [7, 11) is 1.71. The van der Waals surface area contributed by atoms with Crippen molar-refractivity contribution in [2.45, 2.75) is 102 Å². The average molecular weight is 823 g/mol. The number of carbonyl (C=O) groups excluding carboxylic acids is 4. The van der Waals surface area contributed by atoms with Gasteiger partial charge >= 0.3 is 18.0 Å². The number of esters is 1. The van der Waals surface area contributed by atoms with Gasteiger partial charge in [-0.05, 0) is 59.4 Å². The second kappa shape index (κ2) is 19.0. The molecule has 13 heteroatoms. The molecule has 3 N–H and O–H groups in total. The van der Waals surface area contributed by atoms with E-state index in [0.717, 1.165) is 40.7 Å². The fourth-order valence-corrected chi connectivity index (χ4v) is 9.44. The topological polar surface area (TPSA) is 164 Å². The Bertz CT molecular complexity index is 2090. The number of rotatable bonds is 17. The van der Waals surface area contributed by atoms with Gasteiger partial charge in [-0.15, -0.1) is 11.3 Å². The first-order valence-electron chi connectivity index (χ1n) is 20.4. The summed E-state index contributed by atoms with van der Waals surface area (Å²) >= 11 is 1.17. The maximum absolute atomic E-state index is 14.6. The van der Waals surface area contributed by atoms with Gasteiger partial charge in [-0.25, -0.2) is 9.78 Å². The van der Waals surface area contributed by atoms with Crippen LogP contribution in [0.4, 0.5) is 4.79 Å².